The number of nitrogens with zero attached hydrogens (tertiary/aromatic N) is 1. The summed E-state index contributed by atoms with van der Waals surface area (Å²) in [5.74, 6) is 0.0247. The Balaban J connectivity index is 2.63. The van der Waals surface area contributed by atoms with Gasteiger partial charge in [0.2, 0.25) is 5.91 Å². The zero-order valence-electron chi connectivity index (χ0n) is 11.8. The molecule has 1 rings (SSSR count). The van der Waals surface area contributed by atoms with E-state index in [1.165, 1.54) is 0 Å². The predicted molar refractivity (Wildman–Crippen MR) is 71.7 cm³/mol. The van der Waals surface area contributed by atoms with E-state index in [4.69, 9.17) is 9.47 Å². The molecule has 1 unspecified atom stereocenters. The van der Waals surface area contributed by atoms with E-state index >= 15 is 0 Å². The lowest BCUT2D eigenvalue weighted by Gasteiger charge is -2.28. The first-order valence-corrected chi connectivity index (χ1v) is 8.28. The molecule has 0 spiro atoms. The molecule has 0 bridgehead atoms. The molecule has 0 radical (unpaired) electrons. The van der Waals surface area contributed by atoms with Gasteiger partial charge in [0.25, 0.3) is 0 Å². The third-order valence-electron chi connectivity index (χ3n) is 3.05. The molecule has 112 valence electrons. The molecule has 0 N–H and O–H groups in total. The number of carbonyl (C=O) groups excluding carboxylic acids is 1. The summed E-state index contributed by atoms with van der Waals surface area (Å²) in [5, 5.41) is 0. The number of hydrogen-bond acceptors (Lipinski definition) is 5. The zero-order valence-corrected chi connectivity index (χ0v) is 12.6. The first-order valence-electron chi connectivity index (χ1n) is 6.46. The van der Waals surface area contributed by atoms with Crippen LogP contribution in [0.5, 0.6) is 0 Å². The second kappa shape index (κ2) is 7.21. The van der Waals surface area contributed by atoms with Crippen molar-refractivity contribution in [1.82, 2.24) is 4.90 Å². The van der Waals surface area contributed by atoms with Crippen LogP contribution < -0.4 is 0 Å². The van der Waals surface area contributed by atoms with Crippen molar-refractivity contribution >= 4 is 15.7 Å². The molecule has 0 saturated carbocycles. The summed E-state index contributed by atoms with van der Waals surface area (Å²) < 4.78 is 33.3. The predicted octanol–water partition coefficient (Wildman–Crippen LogP) is 0.0735. The lowest BCUT2D eigenvalue weighted by atomic mass is 10.2. The normalized spacial score (nSPS) is 21.8. The summed E-state index contributed by atoms with van der Waals surface area (Å²) in [6.07, 6.45) is 0.472. The van der Waals surface area contributed by atoms with Crippen molar-refractivity contribution in [1.29, 1.82) is 0 Å². The topological polar surface area (TPSA) is 72.9 Å². The Kier molecular flexibility index (Phi) is 6.22. The summed E-state index contributed by atoms with van der Waals surface area (Å²) in [7, 11) is -1.45. The van der Waals surface area contributed by atoms with Gasteiger partial charge in [-0.1, -0.05) is 0 Å². The van der Waals surface area contributed by atoms with Crippen molar-refractivity contribution in [3.05, 3.63) is 0 Å². The van der Waals surface area contributed by atoms with Gasteiger partial charge >= 0.3 is 0 Å². The molecular formula is C12H23NO5S. The van der Waals surface area contributed by atoms with E-state index in [1.807, 2.05) is 13.8 Å². The molecule has 1 aliphatic heterocycles. The highest BCUT2D eigenvalue weighted by molar-refractivity contribution is 7.91. The molecule has 1 saturated heterocycles. The fraction of sp³-hybridized carbons (Fsp3) is 0.917. The lowest BCUT2D eigenvalue weighted by Crippen LogP contribution is -2.45. The van der Waals surface area contributed by atoms with E-state index in [1.54, 1.807) is 12.0 Å². The van der Waals surface area contributed by atoms with E-state index in [9.17, 15) is 13.2 Å². The van der Waals surface area contributed by atoms with Gasteiger partial charge in [0.15, 0.2) is 9.84 Å². The quantitative estimate of drug-likeness (QED) is 0.664. The smallest absolute Gasteiger partial charge is 0.248 e. The SMILES string of the molecule is COCCN(C(=O)COC(C)C)C1CCS(=O)(=O)C1. The van der Waals surface area contributed by atoms with Gasteiger partial charge in [-0.3, -0.25) is 4.79 Å². The van der Waals surface area contributed by atoms with E-state index in [0.717, 1.165) is 0 Å². The molecule has 0 aliphatic carbocycles. The standard InChI is InChI=1S/C12H23NO5S/c1-10(2)18-8-12(14)13(5-6-17-3)11-4-7-19(15,16)9-11/h10-11H,4-9H2,1-3H3. The molecule has 0 aromatic carbocycles. The van der Waals surface area contributed by atoms with Gasteiger partial charge in [0, 0.05) is 19.7 Å². The van der Waals surface area contributed by atoms with Crippen LogP contribution in [0.15, 0.2) is 0 Å². The Labute approximate surface area is 115 Å². The van der Waals surface area contributed by atoms with Crippen molar-refractivity contribution in [2.45, 2.75) is 32.4 Å². The van der Waals surface area contributed by atoms with Crippen LogP contribution in [0.3, 0.4) is 0 Å². The summed E-state index contributed by atoms with van der Waals surface area (Å²) >= 11 is 0. The molecule has 1 amide bonds. The van der Waals surface area contributed by atoms with Crippen molar-refractivity contribution in [2.75, 3.05) is 38.4 Å². The van der Waals surface area contributed by atoms with Crippen LogP contribution in [0.4, 0.5) is 0 Å². The van der Waals surface area contributed by atoms with Crippen LogP contribution in [0, 0.1) is 0 Å². The largest absolute Gasteiger partial charge is 0.383 e. The first-order chi connectivity index (χ1) is 8.85. The van der Waals surface area contributed by atoms with E-state index in [2.05, 4.69) is 0 Å². The number of ether oxygens (including phenoxy) is 2. The number of methoxy groups -OCH3 is 1. The van der Waals surface area contributed by atoms with Crippen LogP contribution in [-0.2, 0) is 24.1 Å². The maximum Gasteiger partial charge on any atom is 0.248 e. The van der Waals surface area contributed by atoms with Crippen molar-refractivity contribution < 1.29 is 22.7 Å². The van der Waals surface area contributed by atoms with Gasteiger partial charge in [-0.2, -0.15) is 0 Å². The monoisotopic (exact) mass is 293 g/mol. The Morgan fingerprint density at radius 3 is 2.58 bits per heavy atom. The van der Waals surface area contributed by atoms with Crippen LogP contribution in [0.25, 0.3) is 0 Å². The minimum absolute atomic E-state index is 0.0159. The highest BCUT2D eigenvalue weighted by atomic mass is 32.2. The van der Waals surface area contributed by atoms with Gasteiger partial charge in [0.05, 0.1) is 24.2 Å². The molecule has 7 heteroatoms. The maximum atomic E-state index is 12.1. The number of carbonyl (C=O) groups is 1. The summed E-state index contributed by atoms with van der Waals surface area (Å²) in [5.41, 5.74) is 0. The van der Waals surface area contributed by atoms with E-state index in [0.29, 0.717) is 19.6 Å². The van der Waals surface area contributed by atoms with E-state index in [-0.39, 0.29) is 36.2 Å². The summed E-state index contributed by atoms with van der Waals surface area (Å²) in [6, 6.07) is -0.247. The highest BCUT2D eigenvalue weighted by Crippen LogP contribution is 2.18. The number of rotatable bonds is 7. The van der Waals surface area contributed by atoms with Gasteiger partial charge in [-0.15, -0.1) is 0 Å². The molecule has 1 aliphatic rings. The Hall–Kier alpha value is -0.660. The van der Waals surface area contributed by atoms with Crippen LogP contribution >= 0.6 is 0 Å². The number of sulfone groups is 1. The molecule has 19 heavy (non-hydrogen) atoms. The van der Waals surface area contributed by atoms with Gasteiger partial charge in [-0.05, 0) is 20.3 Å². The van der Waals surface area contributed by atoms with Crippen LogP contribution in [0.2, 0.25) is 0 Å². The Bertz CT molecular complexity index is 393. The third-order valence-corrected chi connectivity index (χ3v) is 4.80. The average molecular weight is 293 g/mol. The second-order valence-corrected chi connectivity index (χ2v) is 7.23. The molecule has 1 fully saturated rings. The van der Waals surface area contributed by atoms with Crippen LogP contribution in [-0.4, -0.2) is 69.7 Å². The molecule has 1 atom stereocenters. The molecular weight excluding hydrogens is 270 g/mol. The maximum absolute atomic E-state index is 12.1. The van der Waals surface area contributed by atoms with Crippen molar-refractivity contribution in [2.24, 2.45) is 0 Å². The Morgan fingerprint density at radius 2 is 2.11 bits per heavy atom. The minimum atomic E-state index is -3.01. The summed E-state index contributed by atoms with van der Waals surface area (Å²) in [4.78, 5) is 13.7. The van der Waals surface area contributed by atoms with Gasteiger partial charge in [-0.25, -0.2) is 8.42 Å². The summed E-state index contributed by atoms with van der Waals surface area (Å²) in [6.45, 7) is 4.48. The second-order valence-electron chi connectivity index (χ2n) is 5.00. The number of amides is 1. The van der Waals surface area contributed by atoms with E-state index < -0.39 is 9.84 Å². The first kappa shape index (κ1) is 16.4. The minimum Gasteiger partial charge on any atom is -0.383 e. The zero-order chi connectivity index (χ0) is 14.5. The third kappa shape index (κ3) is 5.46. The van der Waals surface area contributed by atoms with Gasteiger partial charge in [0.1, 0.15) is 6.61 Å². The fourth-order valence-corrected chi connectivity index (χ4v) is 3.77. The average Bonchev–Trinajstić information content (AvgIpc) is 2.67. The lowest BCUT2D eigenvalue weighted by molar-refractivity contribution is -0.140. The number of hydrogen-bond donors (Lipinski definition) is 0. The highest BCUT2D eigenvalue weighted by Gasteiger charge is 2.34. The van der Waals surface area contributed by atoms with Crippen LogP contribution in [0.1, 0.15) is 20.3 Å². The van der Waals surface area contributed by atoms with Crippen molar-refractivity contribution in [3.63, 3.8) is 0 Å². The van der Waals surface area contributed by atoms with Crippen molar-refractivity contribution in [3.8, 4) is 0 Å². The fourth-order valence-electron chi connectivity index (χ4n) is 2.04. The molecule has 0 aromatic heterocycles. The molecule has 1 heterocycles. The Morgan fingerprint density at radius 1 is 1.42 bits per heavy atom. The molecule has 0 aromatic rings. The molecule has 6 nitrogen and oxygen atoms in total. The van der Waals surface area contributed by atoms with Gasteiger partial charge < -0.3 is 14.4 Å².